The van der Waals surface area contributed by atoms with Crippen molar-refractivity contribution in [1.29, 1.82) is 5.41 Å². The largest absolute Gasteiger partial charge is 0.494 e. The van der Waals surface area contributed by atoms with E-state index in [1.165, 1.54) is 0 Å². The van der Waals surface area contributed by atoms with Crippen molar-refractivity contribution < 1.29 is 9.53 Å². The van der Waals surface area contributed by atoms with E-state index in [-0.39, 0.29) is 23.7 Å². The molecule has 0 saturated heterocycles. The van der Waals surface area contributed by atoms with E-state index in [4.69, 9.17) is 38.4 Å². The summed E-state index contributed by atoms with van der Waals surface area (Å²) in [6.45, 7) is 13.1. The molecule has 2 N–H and O–H groups in total. The van der Waals surface area contributed by atoms with E-state index >= 15 is 4.79 Å². The molecule has 8 rings (SSSR count). The van der Waals surface area contributed by atoms with Gasteiger partial charge >= 0.3 is 0 Å². The third-order valence-corrected chi connectivity index (χ3v) is 12.6. The Labute approximate surface area is 342 Å². The second kappa shape index (κ2) is 14.9. The van der Waals surface area contributed by atoms with Gasteiger partial charge < -0.3 is 23.8 Å². The Kier molecular flexibility index (Phi) is 10.1. The number of aromatic nitrogens is 5. The molecule has 0 bridgehead atoms. The van der Waals surface area contributed by atoms with Gasteiger partial charge in [0.25, 0.3) is 5.91 Å². The summed E-state index contributed by atoms with van der Waals surface area (Å²) in [6, 6.07) is 11.8. The molecule has 2 atom stereocenters. The quantitative estimate of drug-likeness (QED) is 0.0909. The Morgan fingerprint density at radius 1 is 1.05 bits per heavy atom. The molecular formula is C45H48Cl2N8O2. The zero-order chi connectivity index (χ0) is 40.4. The second-order valence-electron chi connectivity index (χ2n) is 15.6. The van der Waals surface area contributed by atoms with Crippen molar-refractivity contribution in [2.24, 2.45) is 25.0 Å². The molecule has 1 aliphatic carbocycles. The van der Waals surface area contributed by atoms with E-state index in [2.05, 4.69) is 57.4 Å². The third kappa shape index (κ3) is 6.62. The van der Waals surface area contributed by atoms with Gasteiger partial charge in [-0.15, -0.1) is 0 Å². The Bertz CT molecular complexity index is 2700. The number of nitrogens with zero attached hydrogens (tertiary/aromatic N) is 6. The number of amidine groups is 1. The third-order valence-electron chi connectivity index (χ3n) is 11.7. The number of H-pyrrole nitrogens is 1. The average molecular weight is 804 g/mol. The number of aryl methyl sites for hydroxylation is 7. The molecule has 0 fully saturated rings. The summed E-state index contributed by atoms with van der Waals surface area (Å²) in [7, 11) is 3.96. The Morgan fingerprint density at radius 2 is 1.81 bits per heavy atom. The predicted molar refractivity (Wildman–Crippen MR) is 230 cm³/mol. The number of halogens is 2. The van der Waals surface area contributed by atoms with Gasteiger partial charge in [-0.1, -0.05) is 41.4 Å². The highest BCUT2D eigenvalue weighted by Crippen LogP contribution is 2.46. The van der Waals surface area contributed by atoms with Gasteiger partial charge in [0.2, 0.25) is 0 Å². The van der Waals surface area contributed by atoms with Crippen LogP contribution in [0.3, 0.4) is 0 Å². The van der Waals surface area contributed by atoms with Gasteiger partial charge in [0.1, 0.15) is 22.8 Å². The van der Waals surface area contributed by atoms with Gasteiger partial charge in [0.05, 0.1) is 28.5 Å². The molecule has 10 nitrogen and oxygen atoms in total. The lowest BCUT2D eigenvalue weighted by atomic mass is 9.91. The highest BCUT2D eigenvalue weighted by Gasteiger charge is 2.39. The molecule has 1 unspecified atom stereocenters. The molecule has 4 aromatic heterocycles. The minimum absolute atomic E-state index is 0.0559. The number of amides is 1. The number of carbonyl (C=O) groups is 1. The molecule has 57 heavy (non-hydrogen) atoms. The van der Waals surface area contributed by atoms with E-state index < -0.39 is 0 Å². The first-order chi connectivity index (χ1) is 27.2. The zero-order valence-electron chi connectivity index (χ0n) is 33.7. The normalized spacial score (nSPS) is 16.8. The molecular weight excluding hydrogens is 755 g/mol. The van der Waals surface area contributed by atoms with Gasteiger partial charge in [-0.05, 0) is 113 Å². The van der Waals surface area contributed by atoms with Crippen LogP contribution in [-0.4, -0.2) is 48.8 Å². The average Bonchev–Trinajstić information content (AvgIpc) is 3.78. The first-order valence-electron chi connectivity index (χ1n) is 19.5. The predicted octanol–water partition coefficient (Wildman–Crippen LogP) is 9.55. The molecule has 1 amide bonds. The number of hydrogen-bond donors (Lipinski definition) is 2. The van der Waals surface area contributed by atoms with Crippen molar-refractivity contribution in [2.45, 2.75) is 66.8 Å². The van der Waals surface area contributed by atoms with E-state index in [0.717, 1.165) is 83.4 Å². The topological polar surface area (TPSA) is 109 Å². The smallest absolute Gasteiger partial charge is 0.275 e. The number of aromatic amines is 1. The molecule has 5 heterocycles. The van der Waals surface area contributed by atoms with Crippen LogP contribution < -0.4 is 15.1 Å². The number of carbonyl (C=O) groups excluding carboxylic acids is 1. The molecule has 2 aromatic carbocycles. The molecule has 1 aliphatic heterocycles. The highest BCUT2D eigenvalue weighted by atomic mass is 35.5. The molecule has 6 aromatic rings. The number of hydrogen-bond acceptors (Lipinski definition) is 4. The summed E-state index contributed by atoms with van der Waals surface area (Å²) in [4.78, 5) is 25.1. The summed E-state index contributed by atoms with van der Waals surface area (Å²) < 4.78 is 12.5. The fraction of sp³-hybridized carbons (Fsp3) is 0.333. The van der Waals surface area contributed by atoms with Gasteiger partial charge in [-0.3, -0.25) is 14.9 Å². The van der Waals surface area contributed by atoms with Crippen LogP contribution >= 0.6 is 23.2 Å². The maximum Gasteiger partial charge on any atom is 0.275 e. The SMILES string of the molecule is Cc1cc(OCCCc2c3n(c4c(-c5c(C)nn(C)c5C)c(Cl)ccc24)[C@H](C)CN(c2cn(C)c4c2CC(C(=N)/N=c2\[nH]cccc2C)C=C4)C3=O)cc(C)c1Cl. The zero-order valence-corrected chi connectivity index (χ0v) is 35.2. The van der Waals surface area contributed by atoms with E-state index in [0.29, 0.717) is 48.6 Å². The Balaban J connectivity index is 1.21. The first-order valence-corrected chi connectivity index (χ1v) is 20.2. The molecule has 0 spiro atoms. The lowest BCUT2D eigenvalue weighted by molar-refractivity contribution is 0.0957. The van der Waals surface area contributed by atoms with Crippen molar-refractivity contribution in [2.75, 3.05) is 18.1 Å². The van der Waals surface area contributed by atoms with Crippen LogP contribution in [-0.2, 0) is 26.9 Å². The van der Waals surface area contributed by atoms with Gasteiger partial charge in [-0.25, -0.2) is 4.99 Å². The van der Waals surface area contributed by atoms with Gasteiger partial charge in [0.15, 0.2) is 0 Å². The van der Waals surface area contributed by atoms with Crippen LogP contribution in [0.15, 0.2) is 59.9 Å². The van der Waals surface area contributed by atoms with Gasteiger partial charge in [-0.2, -0.15) is 5.10 Å². The molecule has 2 aliphatic rings. The number of rotatable bonds is 8. The molecule has 12 heteroatoms. The summed E-state index contributed by atoms with van der Waals surface area (Å²) in [5.74, 6) is 0.758. The minimum atomic E-state index is -0.241. The minimum Gasteiger partial charge on any atom is -0.494 e. The van der Waals surface area contributed by atoms with Crippen LogP contribution in [0.2, 0.25) is 10.0 Å². The second-order valence-corrected chi connectivity index (χ2v) is 16.4. The maximum atomic E-state index is 15.3. The van der Waals surface area contributed by atoms with Crippen molar-refractivity contribution in [3.05, 3.63) is 121 Å². The van der Waals surface area contributed by atoms with Crippen LogP contribution in [0.1, 0.15) is 74.8 Å². The van der Waals surface area contributed by atoms with E-state index in [1.807, 2.05) is 87.9 Å². The fourth-order valence-corrected chi connectivity index (χ4v) is 9.15. The summed E-state index contributed by atoms with van der Waals surface area (Å²) >= 11 is 13.6. The monoisotopic (exact) mass is 802 g/mol. The summed E-state index contributed by atoms with van der Waals surface area (Å²) in [5.41, 5.74) is 12.9. The highest BCUT2D eigenvalue weighted by molar-refractivity contribution is 6.35. The lowest BCUT2D eigenvalue weighted by Crippen LogP contribution is -2.43. The van der Waals surface area contributed by atoms with Crippen molar-refractivity contribution >= 4 is 57.6 Å². The standard InChI is InChI=1S/C45H48Cl2N8O2/c1-24-11-9-17-49-44(24)50-43(48)30-13-16-36-34(21-30)37(23-52(36)7)54-22-27(4)55-41-33(14-15-35(46)39(41)38-28(5)51-53(8)29(38)6)32(42(55)45(54)56)12-10-18-57-31-19-25(2)40(47)26(3)20-31/h9,11,13-17,19-20,23,27,30H,10,12,18,21-22H2,1-8H3,(H2,48,49,50)/t27-,30?/m1/s1. The number of fused-ring (bicyclic) bond motifs is 4. The molecule has 0 radical (unpaired) electrons. The first kappa shape index (κ1) is 38.5. The number of benzene rings is 2. The maximum absolute atomic E-state index is 15.3. The van der Waals surface area contributed by atoms with Crippen molar-refractivity contribution in [3.8, 4) is 16.9 Å². The molecule has 294 valence electrons. The van der Waals surface area contributed by atoms with Crippen LogP contribution in [0.5, 0.6) is 5.75 Å². The lowest BCUT2D eigenvalue weighted by Gasteiger charge is -2.35. The fourth-order valence-electron chi connectivity index (χ4n) is 8.79. The van der Waals surface area contributed by atoms with Crippen LogP contribution in [0.25, 0.3) is 28.1 Å². The Hall–Kier alpha value is -5.32. The van der Waals surface area contributed by atoms with E-state index in [1.54, 1.807) is 0 Å². The summed E-state index contributed by atoms with van der Waals surface area (Å²) in [6.07, 6.45) is 9.87. The number of ether oxygens (including phenoxy) is 1. The van der Waals surface area contributed by atoms with Crippen LogP contribution in [0.4, 0.5) is 5.69 Å². The number of pyridine rings is 1. The van der Waals surface area contributed by atoms with Crippen LogP contribution in [0, 0.1) is 45.9 Å². The van der Waals surface area contributed by atoms with Gasteiger partial charge in [0, 0.05) is 83.5 Å². The number of anilines is 1. The summed E-state index contributed by atoms with van der Waals surface area (Å²) in [5, 5.41) is 16.1. The van der Waals surface area contributed by atoms with Crippen molar-refractivity contribution in [1.82, 2.24) is 23.9 Å². The molecule has 0 saturated carbocycles. The van der Waals surface area contributed by atoms with Crippen molar-refractivity contribution in [3.63, 3.8) is 0 Å². The van der Waals surface area contributed by atoms with E-state index in [9.17, 15) is 0 Å². The number of nitrogens with one attached hydrogen (secondary N) is 2. The Morgan fingerprint density at radius 3 is 2.51 bits per heavy atom.